The molecule has 6 heteroatoms. The summed E-state index contributed by atoms with van der Waals surface area (Å²) in [5.74, 6) is 0.555. The highest BCUT2D eigenvalue weighted by Gasteiger charge is 2.09. The van der Waals surface area contributed by atoms with Crippen LogP contribution in [0, 0.1) is 0 Å². The lowest BCUT2D eigenvalue weighted by atomic mass is 10.2. The lowest BCUT2D eigenvalue weighted by Crippen LogP contribution is -2.32. The van der Waals surface area contributed by atoms with Gasteiger partial charge >= 0.3 is 0 Å². The monoisotopic (exact) mass is 293 g/mol. The van der Waals surface area contributed by atoms with Crippen LogP contribution < -0.4 is 10.5 Å². The summed E-state index contributed by atoms with van der Waals surface area (Å²) < 4.78 is 5.43. The number of benzene rings is 1. The van der Waals surface area contributed by atoms with E-state index in [0.717, 1.165) is 25.8 Å². The summed E-state index contributed by atoms with van der Waals surface area (Å²) >= 11 is 0. The molecule has 0 saturated heterocycles. The first-order valence-corrected chi connectivity index (χ1v) is 7.03. The van der Waals surface area contributed by atoms with E-state index < -0.39 is 0 Å². The number of hydrogen-bond acceptors (Lipinski definition) is 4. The fourth-order valence-electron chi connectivity index (χ4n) is 1.76. The van der Waals surface area contributed by atoms with Gasteiger partial charge in [-0.15, -0.1) is 0 Å². The Hall–Kier alpha value is -2.24. The molecule has 0 heterocycles. The lowest BCUT2D eigenvalue weighted by Gasteiger charge is -2.17. The van der Waals surface area contributed by atoms with Crippen molar-refractivity contribution in [3.8, 4) is 5.75 Å². The number of oxime groups is 1. The fourth-order valence-corrected chi connectivity index (χ4v) is 1.76. The van der Waals surface area contributed by atoms with E-state index in [0.29, 0.717) is 11.3 Å². The molecule has 0 saturated carbocycles. The van der Waals surface area contributed by atoms with Crippen molar-refractivity contribution in [2.45, 2.75) is 26.2 Å². The number of nitrogens with zero attached hydrogens (tertiary/aromatic N) is 2. The van der Waals surface area contributed by atoms with Gasteiger partial charge in [-0.05, 0) is 30.7 Å². The van der Waals surface area contributed by atoms with Crippen molar-refractivity contribution in [3.05, 3.63) is 29.8 Å². The molecule has 0 radical (unpaired) electrons. The van der Waals surface area contributed by atoms with Gasteiger partial charge in [0.15, 0.2) is 12.4 Å². The molecule has 3 N–H and O–H groups in total. The van der Waals surface area contributed by atoms with E-state index in [4.69, 9.17) is 15.7 Å². The molecule has 0 aliphatic carbocycles. The average Bonchev–Trinajstić information content (AvgIpc) is 2.52. The molecule has 1 amide bonds. The molecule has 6 nitrogen and oxygen atoms in total. The van der Waals surface area contributed by atoms with Crippen LogP contribution in [0.1, 0.15) is 31.7 Å². The number of carbonyl (C=O) groups is 1. The second-order valence-electron chi connectivity index (χ2n) is 4.82. The second-order valence-corrected chi connectivity index (χ2v) is 4.82. The Morgan fingerprint density at radius 3 is 2.57 bits per heavy atom. The highest BCUT2D eigenvalue weighted by Crippen LogP contribution is 2.12. The summed E-state index contributed by atoms with van der Waals surface area (Å²) in [7, 11) is 1.78. The second kappa shape index (κ2) is 8.84. The third kappa shape index (κ3) is 5.72. The Labute approximate surface area is 125 Å². The van der Waals surface area contributed by atoms with Crippen molar-refractivity contribution in [1.29, 1.82) is 0 Å². The topological polar surface area (TPSA) is 88.2 Å². The summed E-state index contributed by atoms with van der Waals surface area (Å²) in [6, 6.07) is 6.69. The molecule has 116 valence electrons. The Morgan fingerprint density at radius 1 is 1.33 bits per heavy atom. The Bertz CT molecular complexity index is 472. The van der Waals surface area contributed by atoms with Crippen molar-refractivity contribution >= 4 is 11.7 Å². The molecule has 1 aromatic rings. The van der Waals surface area contributed by atoms with Crippen molar-refractivity contribution in [3.63, 3.8) is 0 Å². The van der Waals surface area contributed by atoms with Gasteiger partial charge in [-0.3, -0.25) is 4.79 Å². The number of ether oxygens (including phenoxy) is 1. The minimum absolute atomic E-state index is 0.00550. The molecule has 0 aliphatic rings. The number of unbranched alkanes of at least 4 members (excludes halogenated alkanes) is 2. The number of carbonyl (C=O) groups excluding carboxylic acids is 1. The van der Waals surface area contributed by atoms with E-state index in [1.165, 1.54) is 0 Å². The van der Waals surface area contributed by atoms with Gasteiger partial charge in [-0.2, -0.15) is 0 Å². The molecule has 0 unspecified atom stereocenters. The zero-order valence-electron chi connectivity index (χ0n) is 12.6. The summed E-state index contributed by atoms with van der Waals surface area (Å²) in [6.07, 6.45) is 3.26. The van der Waals surface area contributed by atoms with Crippen LogP contribution in [0.25, 0.3) is 0 Å². The van der Waals surface area contributed by atoms with Crippen molar-refractivity contribution in [2.24, 2.45) is 10.9 Å². The predicted octanol–water partition coefficient (Wildman–Crippen LogP) is 1.81. The van der Waals surface area contributed by atoms with Gasteiger partial charge < -0.3 is 20.6 Å². The van der Waals surface area contributed by atoms with E-state index in [9.17, 15) is 4.79 Å². The molecular weight excluding hydrogens is 270 g/mol. The summed E-state index contributed by atoms with van der Waals surface area (Å²) in [4.78, 5) is 13.5. The van der Waals surface area contributed by atoms with Crippen LogP contribution in [0.5, 0.6) is 5.75 Å². The molecule has 1 aromatic carbocycles. The normalized spacial score (nSPS) is 11.2. The molecule has 0 bridgehead atoms. The van der Waals surface area contributed by atoms with E-state index in [2.05, 4.69) is 12.1 Å². The van der Waals surface area contributed by atoms with Gasteiger partial charge in [-0.1, -0.05) is 24.9 Å². The zero-order chi connectivity index (χ0) is 15.7. The summed E-state index contributed by atoms with van der Waals surface area (Å²) in [6.45, 7) is 2.88. The first-order valence-electron chi connectivity index (χ1n) is 7.03. The number of likely N-dealkylation sites (N-methyl/N-ethyl adjacent to an activating group) is 1. The smallest absolute Gasteiger partial charge is 0.260 e. The van der Waals surface area contributed by atoms with Crippen molar-refractivity contribution < 1.29 is 14.7 Å². The van der Waals surface area contributed by atoms with Crippen LogP contribution in [0.4, 0.5) is 0 Å². The highest BCUT2D eigenvalue weighted by molar-refractivity contribution is 5.97. The van der Waals surface area contributed by atoms with Crippen LogP contribution in [0.2, 0.25) is 0 Å². The van der Waals surface area contributed by atoms with Gasteiger partial charge in [0.05, 0.1) is 0 Å². The fraction of sp³-hybridized carbons (Fsp3) is 0.467. The number of amides is 1. The Morgan fingerprint density at radius 2 is 2.00 bits per heavy atom. The third-order valence-corrected chi connectivity index (χ3v) is 3.14. The van der Waals surface area contributed by atoms with E-state index >= 15 is 0 Å². The summed E-state index contributed by atoms with van der Waals surface area (Å²) in [5, 5.41) is 11.5. The maximum atomic E-state index is 11.9. The first-order chi connectivity index (χ1) is 10.1. The van der Waals surface area contributed by atoms with Crippen molar-refractivity contribution in [2.75, 3.05) is 20.2 Å². The SMILES string of the molecule is CCCCCN(C)C(=O)COc1ccc(/C(N)=N/O)cc1. The molecule has 0 fully saturated rings. The minimum Gasteiger partial charge on any atom is -0.484 e. The molecule has 21 heavy (non-hydrogen) atoms. The number of amidine groups is 1. The molecule has 1 rings (SSSR count). The van der Waals surface area contributed by atoms with Crippen LogP contribution in [0.15, 0.2) is 29.4 Å². The Balaban J connectivity index is 2.42. The highest BCUT2D eigenvalue weighted by atomic mass is 16.5. The molecule has 0 aromatic heterocycles. The maximum Gasteiger partial charge on any atom is 0.260 e. The number of nitrogens with two attached hydrogens (primary N) is 1. The molecule has 0 spiro atoms. The van der Waals surface area contributed by atoms with Crippen LogP contribution in [-0.4, -0.2) is 42.0 Å². The van der Waals surface area contributed by atoms with E-state index in [-0.39, 0.29) is 18.3 Å². The largest absolute Gasteiger partial charge is 0.484 e. The number of hydrogen-bond donors (Lipinski definition) is 2. The van der Waals surface area contributed by atoms with Crippen molar-refractivity contribution in [1.82, 2.24) is 4.90 Å². The standard InChI is InChI=1S/C15H23N3O3/c1-3-4-5-10-18(2)14(19)11-21-13-8-6-12(7-9-13)15(16)17-20/h6-9,20H,3-5,10-11H2,1-2H3,(H2,16,17). The third-order valence-electron chi connectivity index (χ3n) is 3.14. The number of rotatable bonds is 8. The lowest BCUT2D eigenvalue weighted by molar-refractivity contribution is -0.132. The maximum absolute atomic E-state index is 11.9. The first kappa shape index (κ1) is 16.8. The Kier molecular flexibility index (Phi) is 7.08. The quantitative estimate of drug-likeness (QED) is 0.251. The minimum atomic E-state index is -0.0494. The van der Waals surface area contributed by atoms with Gasteiger partial charge in [0.25, 0.3) is 5.91 Å². The molecule has 0 atom stereocenters. The van der Waals surface area contributed by atoms with Crippen LogP contribution in [0.3, 0.4) is 0 Å². The van der Waals surface area contributed by atoms with Crippen LogP contribution in [-0.2, 0) is 4.79 Å². The molecular formula is C15H23N3O3. The zero-order valence-corrected chi connectivity index (χ0v) is 12.6. The van der Waals surface area contributed by atoms with Gasteiger partial charge in [0.2, 0.25) is 0 Å². The van der Waals surface area contributed by atoms with Gasteiger partial charge in [-0.25, -0.2) is 0 Å². The van der Waals surface area contributed by atoms with Gasteiger partial charge in [0.1, 0.15) is 5.75 Å². The predicted molar refractivity (Wildman–Crippen MR) is 81.6 cm³/mol. The van der Waals surface area contributed by atoms with Crippen LogP contribution >= 0.6 is 0 Å². The average molecular weight is 293 g/mol. The van der Waals surface area contributed by atoms with Gasteiger partial charge in [0, 0.05) is 19.2 Å². The molecule has 0 aliphatic heterocycles. The van der Waals surface area contributed by atoms with E-state index in [1.54, 1.807) is 36.2 Å². The summed E-state index contributed by atoms with van der Waals surface area (Å²) in [5.41, 5.74) is 6.05. The van der Waals surface area contributed by atoms with E-state index in [1.807, 2.05) is 0 Å².